The highest BCUT2D eigenvalue weighted by molar-refractivity contribution is 5.99. The summed E-state index contributed by atoms with van der Waals surface area (Å²) in [7, 11) is 0. The topological polar surface area (TPSA) is 59.3 Å². The molecular weight excluding hydrogens is 309 g/mol. The number of rotatable bonds is 2. The molecule has 5 nitrogen and oxygen atoms in total. The van der Waals surface area contributed by atoms with E-state index in [0.717, 1.165) is 35.2 Å². The van der Waals surface area contributed by atoms with Gasteiger partial charge in [0.05, 0.1) is 10.3 Å². The number of pyridine rings is 1. The maximum Gasteiger partial charge on any atom is 0.278 e. The average molecular weight is 323 g/mol. The Morgan fingerprint density at radius 2 is 2.00 bits per heavy atom. The number of nitro groups is 1. The molecule has 0 amide bonds. The molecule has 4 rings (SSSR count). The number of benzene rings is 2. The Hall–Kier alpha value is -3.02. The average Bonchev–Trinajstić information content (AvgIpc) is 2.60. The predicted molar refractivity (Wildman–Crippen MR) is 89.6 cm³/mol. The van der Waals surface area contributed by atoms with Crippen LogP contribution in [0, 0.1) is 15.9 Å². The summed E-state index contributed by atoms with van der Waals surface area (Å²) in [6, 6.07) is 9.99. The molecule has 0 unspecified atom stereocenters. The van der Waals surface area contributed by atoms with Crippen molar-refractivity contribution in [3.05, 3.63) is 75.9 Å². The van der Waals surface area contributed by atoms with E-state index in [9.17, 15) is 14.5 Å². The van der Waals surface area contributed by atoms with Crippen LogP contribution in [0.3, 0.4) is 0 Å². The van der Waals surface area contributed by atoms with Gasteiger partial charge in [0.15, 0.2) is 0 Å². The van der Waals surface area contributed by atoms with Crippen molar-refractivity contribution in [3.8, 4) is 0 Å². The summed E-state index contributed by atoms with van der Waals surface area (Å²) in [5, 5.41) is 12.6. The van der Waals surface area contributed by atoms with Crippen LogP contribution < -0.4 is 4.90 Å². The van der Waals surface area contributed by atoms with E-state index in [1.165, 1.54) is 18.3 Å². The van der Waals surface area contributed by atoms with Crippen LogP contribution in [0.1, 0.15) is 11.1 Å². The molecule has 24 heavy (non-hydrogen) atoms. The quantitative estimate of drug-likeness (QED) is 0.531. The molecule has 1 aliphatic heterocycles. The Morgan fingerprint density at radius 1 is 1.12 bits per heavy atom. The van der Waals surface area contributed by atoms with Crippen LogP contribution in [-0.2, 0) is 13.0 Å². The number of fused-ring (bicyclic) bond motifs is 2. The van der Waals surface area contributed by atoms with Gasteiger partial charge in [0.25, 0.3) is 5.69 Å². The van der Waals surface area contributed by atoms with E-state index in [0.29, 0.717) is 11.9 Å². The lowest BCUT2D eigenvalue weighted by atomic mass is 9.98. The lowest BCUT2D eigenvalue weighted by Gasteiger charge is -2.31. The third kappa shape index (κ3) is 2.36. The van der Waals surface area contributed by atoms with Gasteiger partial charge in [-0.25, -0.2) is 4.39 Å². The highest BCUT2D eigenvalue weighted by Gasteiger charge is 2.21. The maximum absolute atomic E-state index is 13.4. The molecule has 0 saturated heterocycles. The molecule has 2 aromatic carbocycles. The van der Waals surface area contributed by atoms with Crippen molar-refractivity contribution >= 4 is 22.1 Å². The van der Waals surface area contributed by atoms with E-state index < -0.39 is 0 Å². The van der Waals surface area contributed by atoms with E-state index >= 15 is 0 Å². The van der Waals surface area contributed by atoms with E-state index in [1.807, 2.05) is 6.07 Å². The number of anilines is 1. The summed E-state index contributed by atoms with van der Waals surface area (Å²) in [4.78, 5) is 17.0. The van der Waals surface area contributed by atoms with Crippen molar-refractivity contribution in [2.75, 3.05) is 11.4 Å². The number of hydrogen-bond acceptors (Lipinski definition) is 4. The molecule has 120 valence electrons. The Balaban J connectivity index is 1.79. The number of halogens is 1. The number of nitro benzene ring substituents is 1. The summed E-state index contributed by atoms with van der Waals surface area (Å²) >= 11 is 0. The van der Waals surface area contributed by atoms with Gasteiger partial charge in [-0.15, -0.1) is 0 Å². The second-order valence-electron chi connectivity index (χ2n) is 5.87. The molecule has 0 aliphatic carbocycles. The normalized spacial score (nSPS) is 13.8. The number of nitrogens with zero attached hydrogens (tertiary/aromatic N) is 3. The second kappa shape index (κ2) is 5.56. The monoisotopic (exact) mass is 323 g/mol. The Bertz CT molecular complexity index is 958. The van der Waals surface area contributed by atoms with Crippen LogP contribution in [0.15, 0.2) is 48.8 Å². The highest BCUT2D eigenvalue weighted by atomic mass is 19.1. The molecule has 6 heteroatoms. The fraction of sp³-hybridized carbons (Fsp3) is 0.167. The number of aromatic nitrogens is 1. The van der Waals surface area contributed by atoms with Gasteiger partial charge in [-0.3, -0.25) is 15.1 Å². The first kappa shape index (κ1) is 14.6. The molecule has 3 aromatic rings. The molecule has 1 aliphatic rings. The van der Waals surface area contributed by atoms with Crippen molar-refractivity contribution in [3.63, 3.8) is 0 Å². The van der Waals surface area contributed by atoms with E-state index in [1.54, 1.807) is 24.4 Å². The number of hydrogen-bond donors (Lipinski definition) is 0. The largest absolute Gasteiger partial charge is 0.366 e. The molecule has 0 N–H and O–H groups in total. The zero-order valence-corrected chi connectivity index (χ0v) is 12.8. The Labute approximate surface area is 137 Å². The smallest absolute Gasteiger partial charge is 0.278 e. The van der Waals surface area contributed by atoms with Crippen molar-refractivity contribution < 1.29 is 9.31 Å². The van der Waals surface area contributed by atoms with Crippen LogP contribution in [0.2, 0.25) is 0 Å². The van der Waals surface area contributed by atoms with Crippen molar-refractivity contribution in [2.45, 2.75) is 13.0 Å². The zero-order chi connectivity index (χ0) is 16.7. The fourth-order valence-electron chi connectivity index (χ4n) is 3.32. The summed E-state index contributed by atoms with van der Waals surface area (Å²) in [6.07, 6.45) is 3.92. The highest BCUT2D eigenvalue weighted by Crippen LogP contribution is 2.35. The number of non-ortho nitro benzene ring substituents is 1. The van der Waals surface area contributed by atoms with Crippen molar-refractivity contribution in [1.29, 1.82) is 0 Å². The van der Waals surface area contributed by atoms with Crippen LogP contribution in [-0.4, -0.2) is 16.5 Å². The summed E-state index contributed by atoms with van der Waals surface area (Å²) < 4.78 is 13.4. The van der Waals surface area contributed by atoms with E-state index in [-0.39, 0.29) is 16.4 Å². The lowest BCUT2D eigenvalue weighted by molar-refractivity contribution is -0.383. The summed E-state index contributed by atoms with van der Waals surface area (Å²) in [6.45, 7) is 1.40. The molecule has 0 atom stereocenters. The molecular formula is C18H14FN3O2. The van der Waals surface area contributed by atoms with Gasteiger partial charge in [0, 0.05) is 42.6 Å². The first-order chi connectivity index (χ1) is 11.6. The van der Waals surface area contributed by atoms with Gasteiger partial charge < -0.3 is 4.90 Å². The Morgan fingerprint density at radius 3 is 2.83 bits per heavy atom. The van der Waals surface area contributed by atoms with Gasteiger partial charge in [0.1, 0.15) is 5.82 Å². The maximum atomic E-state index is 13.4. The minimum absolute atomic E-state index is 0.0568. The standard InChI is InChI=1S/C18H14FN3O2/c19-14-2-1-13-11-21(8-6-12(13)9-14)17-3-4-18(22(23)24)16-10-20-7-5-15(16)17/h1-5,7,9-10H,6,8,11H2. The van der Waals surface area contributed by atoms with Crippen LogP contribution >= 0.6 is 0 Å². The summed E-state index contributed by atoms with van der Waals surface area (Å²) in [5.74, 6) is -0.214. The summed E-state index contributed by atoms with van der Waals surface area (Å²) in [5.41, 5.74) is 3.11. The Kier molecular flexibility index (Phi) is 3.37. The van der Waals surface area contributed by atoms with Crippen LogP contribution in [0.4, 0.5) is 15.8 Å². The van der Waals surface area contributed by atoms with E-state index in [2.05, 4.69) is 9.88 Å². The molecule has 1 aromatic heterocycles. The molecule has 0 fully saturated rings. The van der Waals surface area contributed by atoms with Crippen LogP contribution in [0.5, 0.6) is 0 Å². The minimum Gasteiger partial charge on any atom is -0.366 e. The first-order valence-corrected chi connectivity index (χ1v) is 7.67. The van der Waals surface area contributed by atoms with Gasteiger partial charge in [-0.2, -0.15) is 0 Å². The van der Waals surface area contributed by atoms with Gasteiger partial charge >= 0.3 is 0 Å². The third-order valence-corrected chi connectivity index (χ3v) is 4.49. The van der Waals surface area contributed by atoms with Crippen molar-refractivity contribution in [2.24, 2.45) is 0 Å². The SMILES string of the molecule is O=[N+]([O-])c1ccc(N2CCc3cc(F)ccc3C2)c2ccncc12. The van der Waals surface area contributed by atoms with Gasteiger partial charge in [-0.05, 0) is 41.8 Å². The molecule has 0 bridgehead atoms. The van der Waals surface area contributed by atoms with Crippen molar-refractivity contribution in [1.82, 2.24) is 4.98 Å². The molecule has 0 radical (unpaired) electrons. The molecule has 0 saturated carbocycles. The minimum atomic E-state index is -0.387. The molecule has 0 spiro atoms. The van der Waals surface area contributed by atoms with Crippen LogP contribution in [0.25, 0.3) is 10.8 Å². The van der Waals surface area contributed by atoms with Gasteiger partial charge in [-0.1, -0.05) is 6.07 Å². The zero-order valence-electron chi connectivity index (χ0n) is 12.8. The fourth-order valence-corrected chi connectivity index (χ4v) is 3.32. The van der Waals surface area contributed by atoms with Gasteiger partial charge in [0.2, 0.25) is 0 Å². The first-order valence-electron chi connectivity index (χ1n) is 7.67. The van der Waals surface area contributed by atoms with E-state index in [4.69, 9.17) is 0 Å². The predicted octanol–water partition coefficient (Wildman–Crippen LogP) is 3.84. The molecule has 2 heterocycles. The lowest BCUT2D eigenvalue weighted by Crippen LogP contribution is -2.30. The second-order valence-corrected chi connectivity index (χ2v) is 5.87. The third-order valence-electron chi connectivity index (χ3n) is 4.49.